The number of halogens is 2. The molecule has 7 nitrogen and oxygen atoms in total. The van der Waals surface area contributed by atoms with Crippen LogP contribution < -0.4 is 9.64 Å². The molecule has 35 heavy (non-hydrogen) atoms. The highest BCUT2D eigenvalue weighted by Gasteiger charge is 2.49. The molecular weight excluding hydrogens is 473 g/mol. The number of aliphatic hydroxyl groups excluding tert-OH is 1. The highest BCUT2D eigenvalue weighted by molar-refractivity contribution is 6.05. The molecule has 2 saturated heterocycles. The molecule has 0 aromatic heterocycles. The van der Waals surface area contributed by atoms with Crippen molar-refractivity contribution in [1.82, 2.24) is 9.80 Å². The Kier molecular flexibility index (Phi) is 8.55. The molecular formula is C26H37ClFN3O4. The van der Waals surface area contributed by atoms with E-state index in [1.165, 1.54) is 23.8 Å². The number of nitrogens with zero attached hydrogens (tertiary/aromatic N) is 3. The van der Waals surface area contributed by atoms with Crippen LogP contribution in [0.25, 0.3) is 0 Å². The number of amides is 2. The van der Waals surface area contributed by atoms with Crippen LogP contribution in [0.2, 0.25) is 0 Å². The van der Waals surface area contributed by atoms with E-state index in [2.05, 4.69) is 9.80 Å². The van der Waals surface area contributed by atoms with E-state index in [0.29, 0.717) is 25.8 Å². The van der Waals surface area contributed by atoms with Crippen molar-refractivity contribution in [3.63, 3.8) is 0 Å². The monoisotopic (exact) mass is 509 g/mol. The summed E-state index contributed by atoms with van der Waals surface area (Å²) in [5.41, 5.74) is 0.838. The van der Waals surface area contributed by atoms with Crippen molar-refractivity contribution in [1.29, 1.82) is 0 Å². The maximum atomic E-state index is 14.0. The predicted octanol–water partition coefficient (Wildman–Crippen LogP) is 3.23. The maximum absolute atomic E-state index is 14.0. The molecule has 1 aromatic rings. The molecule has 5 rings (SSSR count). The second-order valence-corrected chi connectivity index (χ2v) is 10.3. The molecule has 3 atom stereocenters. The second-order valence-electron chi connectivity index (χ2n) is 10.3. The van der Waals surface area contributed by atoms with E-state index in [1.54, 1.807) is 12.1 Å². The van der Waals surface area contributed by atoms with Crippen LogP contribution in [0.5, 0.6) is 5.75 Å². The van der Waals surface area contributed by atoms with Crippen molar-refractivity contribution < 1.29 is 23.8 Å². The average molecular weight is 510 g/mol. The number of anilines is 1. The van der Waals surface area contributed by atoms with Crippen LogP contribution in [0.15, 0.2) is 18.2 Å². The second kappa shape index (κ2) is 11.4. The number of ether oxygens (including phenoxy) is 1. The van der Waals surface area contributed by atoms with E-state index in [4.69, 9.17) is 4.74 Å². The first-order valence-corrected chi connectivity index (χ1v) is 13.0. The van der Waals surface area contributed by atoms with Crippen molar-refractivity contribution in [2.24, 2.45) is 11.8 Å². The summed E-state index contributed by atoms with van der Waals surface area (Å²) in [6, 6.07) is 4.82. The Hall–Kier alpha value is -1.90. The molecule has 1 N–H and O–H groups in total. The van der Waals surface area contributed by atoms with Gasteiger partial charge in [-0.25, -0.2) is 4.39 Å². The number of benzene rings is 1. The van der Waals surface area contributed by atoms with Crippen LogP contribution in [-0.4, -0.2) is 78.2 Å². The minimum Gasteiger partial charge on any atom is -0.488 e. The molecule has 2 saturated carbocycles. The van der Waals surface area contributed by atoms with Gasteiger partial charge in [-0.1, -0.05) is 0 Å². The summed E-state index contributed by atoms with van der Waals surface area (Å²) < 4.78 is 20.3. The van der Waals surface area contributed by atoms with Crippen molar-refractivity contribution in [3.8, 4) is 5.75 Å². The Bertz CT molecular complexity index is 905. The lowest BCUT2D eigenvalue weighted by atomic mass is 9.80. The quantitative estimate of drug-likeness (QED) is 0.569. The van der Waals surface area contributed by atoms with Crippen LogP contribution in [0.1, 0.15) is 51.4 Å². The number of likely N-dealkylation sites (tertiary alicyclic amines) is 1. The van der Waals surface area contributed by atoms with Gasteiger partial charge >= 0.3 is 0 Å². The average Bonchev–Trinajstić information content (AvgIpc) is 3.43. The lowest BCUT2D eigenvalue weighted by molar-refractivity contribution is -0.140. The van der Waals surface area contributed by atoms with Crippen molar-refractivity contribution >= 4 is 29.9 Å². The molecule has 0 bridgehead atoms. The summed E-state index contributed by atoms with van der Waals surface area (Å²) in [6.07, 6.45) is 6.66. The Morgan fingerprint density at radius 2 is 1.66 bits per heavy atom. The van der Waals surface area contributed by atoms with Crippen LogP contribution >= 0.6 is 12.4 Å². The Balaban J connectivity index is 0.00000289. The minimum atomic E-state index is -0.462. The molecule has 0 radical (unpaired) electrons. The van der Waals surface area contributed by atoms with E-state index >= 15 is 0 Å². The van der Waals surface area contributed by atoms with Gasteiger partial charge in [-0.05, 0) is 70.0 Å². The smallest absolute Gasteiger partial charge is 0.233 e. The van der Waals surface area contributed by atoms with Gasteiger partial charge in [0.15, 0.2) is 0 Å². The van der Waals surface area contributed by atoms with E-state index in [9.17, 15) is 19.1 Å². The van der Waals surface area contributed by atoms with Crippen LogP contribution in [-0.2, 0) is 9.59 Å². The third-order valence-corrected chi connectivity index (χ3v) is 8.07. The first-order valence-electron chi connectivity index (χ1n) is 13.0. The van der Waals surface area contributed by atoms with E-state index in [0.717, 1.165) is 63.4 Å². The third kappa shape index (κ3) is 5.75. The van der Waals surface area contributed by atoms with Gasteiger partial charge in [-0.3, -0.25) is 19.4 Å². The molecule has 194 valence electrons. The molecule has 2 heterocycles. The van der Waals surface area contributed by atoms with Gasteiger partial charge < -0.3 is 14.7 Å². The zero-order valence-electron chi connectivity index (χ0n) is 20.2. The number of imide groups is 1. The fourth-order valence-corrected chi connectivity index (χ4v) is 6.13. The number of carbonyl (C=O) groups is 2. The van der Waals surface area contributed by atoms with Gasteiger partial charge in [-0.2, -0.15) is 0 Å². The number of aliphatic hydroxyl groups is 1. The fraction of sp³-hybridized carbons (Fsp3) is 0.692. The first-order chi connectivity index (χ1) is 16.5. The fourth-order valence-electron chi connectivity index (χ4n) is 6.13. The van der Waals surface area contributed by atoms with Crippen LogP contribution in [0.4, 0.5) is 10.1 Å². The predicted molar refractivity (Wildman–Crippen MR) is 133 cm³/mol. The molecule has 0 spiro atoms. The summed E-state index contributed by atoms with van der Waals surface area (Å²) in [4.78, 5) is 31.4. The lowest BCUT2D eigenvalue weighted by Crippen LogP contribution is -2.47. The molecule has 3 unspecified atom stereocenters. The van der Waals surface area contributed by atoms with Crippen molar-refractivity contribution in [2.45, 2.75) is 63.6 Å². The van der Waals surface area contributed by atoms with Crippen molar-refractivity contribution in [2.75, 3.05) is 44.2 Å². The SMILES string of the molecule is Cl.O=C1C2CCC(O)CC2C(=O)N1CCCN1CCN(c2cc(F)ccc2OC2CCCC2)CC1. The molecule has 1 aromatic carbocycles. The maximum Gasteiger partial charge on any atom is 0.233 e. The van der Waals surface area contributed by atoms with Gasteiger partial charge in [0.25, 0.3) is 0 Å². The van der Waals surface area contributed by atoms with Gasteiger partial charge in [-0.15, -0.1) is 12.4 Å². The van der Waals surface area contributed by atoms with Crippen LogP contribution in [0, 0.1) is 17.7 Å². The number of rotatable bonds is 7. The Labute approximate surface area is 213 Å². The molecule has 9 heteroatoms. The third-order valence-electron chi connectivity index (χ3n) is 8.07. The number of carbonyl (C=O) groups excluding carboxylic acids is 2. The zero-order chi connectivity index (χ0) is 23.7. The Morgan fingerprint density at radius 1 is 0.943 bits per heavy atom. The van der Waals surface area contributed by atoms with E-state index in [1.807, 2.05) is 0 Å². The molecule has 2 aliphatic carbocycles. The van der Waals surface area contributed by atoms with Gasteiger partial charge in [0.2, 0.25) is 11.8 Å². The van der Waals surface area contributed by atoms with E-state index < -0.39 is 6.10 Å². The van der Waals surface area contributed by atoms with Gasteiger partial charge in [0.05, 0.1) is 29.7 Å². The molecule has 4 fully saturated rings. The summed E-state index contributed by atoms with van der Waals surface area (Å²) in [6.45, 7) is 4.53. The normalized spacial score (nSPS) is 27.8. The highest BCUT2D eigenvalue weighted by Crippen LogP contribution is 2.38. The molecule has 2 aliphatic heterocycles. The first kappa shape index (κ1) is 26.2. The topological polar surface area (TPSA) is 73.3 Å². The summed E-state index contributed by atoms with van der Waals surface area (Å²) in [5.74, 6) is -0.172. The van der Waals surface area contributed by atoms with Crippen molar-refractivity contribution in [3.05, 3.63) is 24.0 Å². The molecule has 4 aliphatic rings. The lowest BCUT2D eigenvalue weighted by Gasteiger charge is -2.37. The number of fused-ring (bicyclic) bond motifs is 1. The minimum absolute atomic E-state index is 0. The van der Waals surface area contributed by atoms with Gasteiger partial charge in [0.1, 0.15) is 11.6 Å². The largest absolute Gasteiger partial charge is 0.488 e. The van der Waals surface area contributed by atoms with E-state index in [-0.39, 0.29) is 48.0 Å². The van der Waals surface area contributed by atoms with Crippen LogP contribution in [0.3, 0.4) is 0 Å². The summed E-state index contributed by atoms with van der Waals surface area (Å²) in [7, 11) is 0. The standard InChI is InChI=1S/C26H36FN3O4.ClH/c27-18-6-9-24(34-20-4-1-2-5-20)23(16-18)29-14-12-28(13-15-29)10-3-11-30-25(32)21-8-7-19(31)17-22(21)26(30)33;/h6,9,16,19-22,31H,1-5,7-8,10-15,17H2;1H. The van der Waals surface area contributed by atoms with Gasteiger partial charge in [0, 0.05) is 38.8 Å². The zero-order valence-corrected chi connectivity index (χ0v) is 21.1. The molecule has 2 amide bonds. The number of hydrogen-bond donors (Lipinski definition) is 1. The summed E-state index contributed by atoms with van der Waals surface area (Å²) in [5, 5.41) is 9.88. The number of piperazine rings is 1. The Morgan fingerprint density at radius 3 is 2.40 bits per heavy atom. The highest BCUT2D eigenvalue weighted by atomic mass is 35.5. The summed E-state index contributed by atoms with van der Waals surface area (Å²) >= 11 is 0. The number of hydrogen-bond acceptors (Lipinski definition) is 6.